The molecule has 3 N–H and O–H groups in total. The number of nitrogens with one attached hydrogen (secondary N) is 1. The topological polar surface area (TPSA) is 105 Å². The number of hydrogen-bond donors (Lipinski definition) is 3. The largest absolute Gasteiger partial charge is 0.472 e. The molecule has 0 saturated carbocycles. The molecular weight excluding hydrogens is 575 g/mol. The van der Waals surface area contributed by atoms with Gasteiger partial charge in [-0.2, -0.15) is 0 Å². The van der Waals surface area contributed by atoms with Crippen LogP contribution in [0.3, 0.4) is 0 Å². The molecular formula is C35H74N2O6P+. The van der Waals surface area contributed by atoms with Crippen LogP contribution in [0.4, 0.5) is 0 Å². The molecule has 264 valence electrons. The highest BCUT2D eigenvalue weighted by Crippen LogP contribution is 2.43. The maximum Gasteiger partial charge on any atom is 0.472 e. The SMILES string of the molecule is CCCCCCCCCCCCCCCCCCCCCC(=O)NC(COP(=O)(O)OCC[N+](C)(C)C)C(O)CCCCC. The molecule has 0 heterocycles. The van der Waals surface area contributed by atoms with E-state index in [4.69, 9.17) is 9.05 Å². The van der Waals surface area contributed by atoms with E-state index in [1.54, 1.807) is 0 Å². The normalized spacial score (nSPS) is 14.8. The van der Waals surface area contributed by atoms with Gasteiger partial charge in [0.1, 0.15) is 13.2 Å². The summed E-state index contributed by atoms with van der Waals surface area (Å²) < 4.78 is 23.2. The van der Waals surface area contributed by atoms with Gasteiger partial charge >= 0.3 is 7.82 Å². The highest BCUT2D eigenvalue weighted by Gasteiger charge is 2.28. The second-order valence-corrected chi connectivity index (χ2v) is 15.4. The van der Waals surface area contributed by atoms with Gasteiger partial charge in [-0.05, 0) is 12.8 Å². The number of phosphoric ester groups is 1. The van der Waals surface area contributed by atoms with Gasteiger partial charge < -0.3 is 19.8 Å². The Morgan fingerprint density at radius 1 is 0.682 bits per heavy atom. The van der Waals surface area contributed by atoms with Crippen molar-refractivity contribution in [3.8, 4) is 0 Å². The zero-order valence-corrected chi connectivity index (χ0v) is 30.6. The number of quaternary nitrogens is 1. The Hall–Kier alpha value is -0.500. The van der Waals surface area contributed by atoms with Gasteiger partial charge in [-0.3, -0.25) is 13.8 Å². The van der Waals surface area contributed by atoms with Crippen molar-refractivity contribution < 1.29 is 32.9 Å². The van der Waals surface area contributed by atoms with Crippen molar-refractivity contribution in [3.05, 3.63) is 0 Å². The maximum absolute atomic E-state index is 12.6. The Kier molecular flexibility index (Phi) is 28.4. The lowest BCUT2D eigenvalue weighted by Crippen LogP contribution is -2.46. The van der Waals surface area contributed by atoms with Gasteiger partial charge in [0.25, 0.3) is 0 Å². The average Bonchev–Trinajstić information content (AvgIpc) is 2.95. The number of hydrogen-bond acceptors (Lipinski definition) is 5. The van der Waals surface area contributed by atoms with Crippen LogP contribution in [0.1, 0.15) is 168 Å². The first-order valence-corrected chi connectivity index (χ1v) is 19.9. The standard InChI is InChI=1S/C35H73N2O6P/c1-6-8-10-11-12-13-14-15-16-17-18-19-20-21-22-23-24-25-27-29-35(39)36-33(34(38)28-26-9-7-2)32-43-44(40,41)42-31-30-37(3,4)5/h33-34,38H,6-32H2,1-5H3,(H-,36,39,40,41)/p+1. The molecule has 1 amide bonds. The zero-order chi connectivity index (χ0) is 32.9. The van der Waals surface area contributed by atoms with Crippen LogP contribution in [0, 0.1) is 0 Å². The molecule has 0 rings (SSSR count). The molecule has 0 aromatic heterocycles. The monoisotopic (exact) mass is 650 g/mol. The van der Waals surface area contributed by atoms with Crippen LogP contribution in [-0.4, -0.2) is 73.4 Å². The molecule has 8 nitrogen and oxygen atoms in total. The lowest BCUT2D eigenvalue weighted by Gasteiger charge is -2.26. The summed E-state index contributed by atoms with van der Waals surface area (Å²) in [6.45, 7) is 4.72. The quantitative estimate of drug-likeness (QED) is 0.0372. The molecule has 0 aliphatic heterocycles. The lowest BCUT2D eigenvalue weighted by molar-refractivity contribution is -0.870. The Bertz CT molecular complexity index is 703. The predicted molar refractivity (Wildman–Crippen MR) is 185 cm³/mol. The number of rotatable bonds is 33. The third-order valence-electron chi connectivity index (χ3n) is 8.36. The van der Waals surface area contributed by atoms with Gasteiger partial charge in [0.05, 0.1) is 39.9 Å². The number of amides is 1. The van der Waals surface area contributed by atoms with Gasteiger partial charge in [0.15, 0.2) is 0 Å². The van der Waals surface area contributed by atoms with Gasteiger partial charge in [0.2, 0.25) is 5.91 Å². The summed E-state index contributed by atoms with van der Waals surface area (Å²) in [4.78, 5) is 22.7. The van der Waals surface area contributed by atoms with Crippen molar-refractivity contribution in [1.82, 2.24) is 5.32 Å². The molecule has 0 bridgehead atoms. The van der Waals surface area contributed by atoms with Crippen molar-refractivity contribution in [2.75, 3.05) is 40.9 Å². The summed E-state index contributed by atoms with van der Waals surface area (Å²) >= 11 is 0. The predicted octanol–water partition coefficient (Wildman–Crippen LogP) is 9.07. The van der Waals surface area contributed by atoms with Crippen LogP contribution in [-0.2, 0) is 18.4 Å². The second-order valence-electron chi connectivity index (χ2n) is 14.0. The molecule has 0 aromatic carbocycles. The van der Waals surface area contributed by atoms with E-state index >= 15 is 0 Å². The highest BCUT2D eigenvalue weighted by molar-refractivity contribution is 7.47. The van der Waals surface area contributed by atoms with E-state index in [1.807, 2.05) is 21.1 Å². The van der Waals surface area contributed by atoms with Crippen LogP contribution in [0.25, 0.3) is 0 Å². The van der Waals surface area contributed by atoms with E-state index < -0.39 is 20.0 Å². The van der Waals surface area contributed by atoms with Crippen LogP contribution in [0.5, 0.6) is 0 Å². The molecule has 3 unspecified atom stereocenters. The lowest BCUT2D eigenvalue weighted by atomic mass is 10.0. The van der Waals surface area contributed by atoms with Crippen molar-refractivity contribution in [1.29, 1.82) is 0 Å². The number of likely N-dealkylation sites (N-methyl/N-ethyl adjacent to an activating group) is 1. The Morgan fingerprint density at radius 3 is 1.52 bits per heavy atom. The van der Waals surface area contributed by atoms with E-state index in [1.165, 1.54) is 103 Å². The van der Waals surface area contributed by atoms with E-state index in [0.29, 0.717) is 23.9 Å². The van der Waals surface area contributed by atoms with Crippen LogP contribution >= 0.6 is 7.82 Å². The molecule has 3 atom stereocenters. The smallest absolute Gasteiger partial charge is 0.391 e. The fourth-order valence-corrected chi connectivity index (χ4v) is 6.07. The van der Waals surface area contributed by atoms with Crippen molar-refractivity contribution in [3.63, 3.8) is 0 Å². The van der Waals surface area contributed by atoms with E-state index in [-0.39, 0.29) is 19.1 Å². The molecule has 0 fully saturated rings. The zero-order valence-electron chi connectivity index (χ0n) is 29.7. The Balaban J connectivity index is 4.01. The Morgan fingerprint density at radius 2 is 1.09 bits per heavy atom. The number of aliphatic hydroxyl groups is 1. The number of nitrogens with zero attached hydrogens (tertiary/aromatic N) is 1. The number of phosphoric acid groups is 1. The summed E-state index contributed by atoms with van der Waals surface area (Å²) in [5.41, 5.74) is 0. The third kappa shape index (κ3) is 30.2. The maximum atomic E-state index is 12.6. The first kappa shape index (κ1) is 43.5. The first-order valence-electron chi connectivity index (χ1n) is 18.4. The summed E-state index contributed by atoms with van der Waals surface area (Å²) in [6, 6.07) is -0.748. The molecule has 0 saturated heterocycles. The van der Waals surface area contributed by atoms with Gasteiger partial charge in [-0.1, -0.05) is 149 Å². The molecule has 9 heteroatoms. The molecule has 0 aliphatic rings. The summed E-state index contributed by atoms with van der Waals surface area (Å²) in [6.07, 6.45) is 27.7. The van der Waals surface area contributed by atoms with Crippen molar-refractivity contribution in [2.24, 2.45) is 0 Å². The van der Waals surface area contributed by atoms with Gasteiger partial charge in [-0.15, -0.1) is 0 Å². The highest BCUT2D eigenvalue weighted by atomic mass is 31.2. The molecule has 0 spiro atoms. The van der Waals surface area contributed by atoms with Gasteiger partial charge in [-0.25, -0.2) is 4.57 Å². The van der Waals surface area contributed by atoms with Crippen molar-refractivity contribution >= 4 is 13.7 Å². The third-order valence-corrected chi connectivity index (χ3v) is 9.34. The van der Waals surface area contributed by atoms with Crippen LogP contribution in [0.15, 0.2) is 0 Å². The van der Waals surface area contributed by atoms with Gasteiger partial charge in [0, 0.05) is 6.42 Å². The van der Waals surface area contributed by atoms with E-state index in [2.05, 4.69) is 19.2 Å². The van der Waals surface area contributed by atoms with E-state index in [9.17, 15) is 19.4 Å². The van der Waals surface area contributed by atoms with E-state index in [0.717, 1.165) is 38.5 Å². The minimum atomic E-state index is -4.28. The summed E-state index contributed by atoms with van der Waals surface area (Å²) in [5.74, 6) is -0.154. The fraction of sp³-hybridized carbons (Fsp3) is 0.971. The van der Waals surface area contributed by atoms with Crippen molar-refractivity contribution in [2.45, 2.75) is 180 Å². The molecule has 0 radical (unpaired) electrons. The number of unbranched alkanes of at least 4 members (excludes halogenated alkanes) is 20. The average molecular weight is 650 g/mol. The molecule has 44 heavy (non-hydrogen) atoms. The number of carbonyl (C=O) groups excluding carboxylic acids is 1. The molecule has 0 aromatic rings. The minimum Gasteiger partial charge on any atom is -0.391 e. The Labute approximate surface area is 272 Å². The fourth-order valence-electron chi connectivity index (χ4n) is 5.34. The minimum absolute atomic E-state index is 0.0761. The summed E-state index contributed by atoms with van der Waals surface area (Å²) in [5, 5.41) is 13.5. The number of carbonyl (C=O) groups is 1. The van der Waals surface area contributed by atoms with Crippen LogP contribution < -0.4 is 5.32 Å². The number of aliphatic hydroxyl groups excluding tert-OH is 1. The molecule has 0 aliphatic carbocycles. The summed E-state index contributed by atoms with van der Waals surface area (Å²) in [7, 11) is 1.61. The van der Waals surface area contributed by atoms with Crippen LogP contribution in [0.2, 0.25) is 0 Å². The second kappa shape index (κ2) is 28.7. The first-order chi connectivity index (χ1) is 21.0.